The number of anilines is 1. The Morgan fingerprint density at radius 1 is 1.57 bits per heavy atom. The second-order valence-electron chi connectivity index (χ2n) is 4.87. The predicted octanol–water partition coefficient (Wildman–Crippen LogP) is 1.89. The number of hydrogen-bond donors (Lipinski definition) is 1. The van der Waals surface area contributed by atoms with Crippen molar-refractivity contribution in [3.8, 4) is 0 Å². The van der Waals surface area contributed by atoms with Crippen molar-refractivity contribution in [1.82, 2.24) is 4.90 Å². The van der Waals surface area contributed by atoms with Crippen molar-refractivity contribution in [3.63, 3.8) is 0 Å². The van der Waals surface area contributed by atoms with Gasteiger partial charge in [-0.05, 0) is 12.5 Å². The zero-order valence-electron chi connectivity index (χ0n) is 12.2. The minimum absolute atomic E-state index is 0.00946. The average Bonchev–Trinajstić information content (AvgIpc) is 2.53. The second-order valence-corrected chi connectivity index (χ2v) is 4.87. The lowest BCUT2D eigenvalue weighted by molar-refractivity contribution is -0.384. The maximum Gasteiger partial charge on any atom is 0.270 e. The summed E-state index contributed by atoms with van der Waals surface area (Å²) in [5, 5.41) is 13.8. The van der Waals surface area contributed by atoms with Crippen molar-refractivity contribution < 1.29 is 14.5 Å². The van der Waals surface area contributed by atoms with Crippen LogP contribution in [-0.4, -0.2) is 48.6 Å². The maximum atomic E-state index is 12.7. The van der Waals surface area contributed by atoms with E-state index in [1.807, 2.05) is 6.92 Å². The third-order valence-corrected chi connectivity index (χ3v) is 3.67. The Hall–Kier alpha value is -2.15. The van der Waals surface area contributed by atoms with Gasteiger partial charge in [0.25, 0.3) is 11.6 Å². The average molecular weight is 293 g/mol. The smallest absolute Gasteiger partial charge is 0.270 e. The third-order valence-electron chi connectivity index (χ3n) is 3.67. The van der Waals surface area contributed by atoms with Crippen LogP contribution >= 0.6 is 0 Å². The summed E-state index contributed by atoms with van der Waals surface area (Å²) in [7, 11) is 1.69. The fourth-order valence-electron chi connectivity index (χ4n) is 2.46. The third kappa shape index (κ3) is 3.13. The van der Waals surface area contributed by atoms with Crippen LogP contribution in [0.25, 0.3) is 0 Å². The molecule has 1 atom stereocenters. The Balaban J connectivity index is 2.36. The standard InChI is InChI=1S/C14H19N3O4/c1-3-10-9-21-7-6-16(10)14(18)12-8-11(17(19)20)4-5-13(12)15-2/h4-5,8,10,15H,3,6-7,9H2,1-2H3. The van der Waals surface area contributed by atoms with Gasteiger partial charge in [-0.3, -0.25) is 14.9 Å². The van der Waals surface area contributed by atoms with Gasteiger partial charge >= 0.3 is 0 Å². The molecular formula is C14H19N3O4. The number of carbonyl (C=O) groups is 1. The van der Waals surface area contributed by atoms with Gasteiger partial charge in [-0.1, -0.05) is 6.92 Å². The molecule has 0 aliphatic carbocycles. The van der Waals surface area contributed by atoms with E-state index in [2.05, 4.69) is 5.32 Å². The molecule has 114 valence electrons. The summed E-state index contributed by atoms with van der Waals surface area (Å²) in [5.41, 5.74) is 0.831. The van der Waals surface area contributed by atoms with Crippen LogP contribution in [0.5, 0.6) is 0 Å². The molecule has 1 aromatic carbocycles. The highest BCUT2D eigenvalue weighted by molar-refractivity contribution is 6.00. The number of hydrogen-bond acceptors (Lipinski definition) is 5. The van der Waals surface area contributed by atoms with Crippen molar-refractivity contribution in [1.29, 1.82) is 0 Å². The van der Waals surface area contributed by atoms with E-state index in [1.165, 1.54) is 12.1 Å². The van der Waals surface area contributed by atoms with Crippen LogP contribution in [0, 0.1) is 10.1 Å². The molecule has 0 bridgehead atoms. The van der Waals surface area contributed by atoms with Crippen LogP contribution in [0.3, 0.4) is 0 Å². The van der Waals surface area contributed by atoms with Gasteiger partial charge in [-0.15, -0.1) is 0 Å². The lowest BCUT2D eigenvalue weighted by Crippen LogP contribution is -2.48. The van der Waals surface area contributed by atoms with E-state index in [4.69, 9.17) is 4.74 Å². The number of nitro groups is 1. The highest BCUT2D eigenvalue weighted by atomic mass is 16.6. The fraction of sp³-hybridized carbons (Fsp3) is 0.500. The monoisotopic (exact) mass is 293 g/mol. The molecule has 1 N–H and O–H groups in total. The Labute approximate surface area is 123 Å². The molecule has 1 unspecified atom stereocenters. The van der Waals surface area contributed by atoms with Gasteiger partial charge in [0.05, 0.1) is 29.7 Å². The summed E-state index contributed by atoms with van der Waals surface area (Å²) in [6.45, 7) is 3.49. The van der Waals surface area contributed by atoms with Crippen LogP contribution < -0.4 is 5.32 Å². The number of morpholine rings is 1. The highest BCUT2D eigenvalue weighted by Gasteiger charge is 2.29. The number of ether oxygens (including phenoxy) is 1. The molecule has 21 heavy (non-hydrogen) atoms. The molecule has 7 nitrogen and oxygen atoms in total. The van der Waals surface area contributed by atoms with Gasteiger partial charge in [-0.25, -0.2) is 0 Å². The Morgan fingerprint density at radius 3 is 2.95 bits per heavy atom. The zero-order valence-corrected chi connectivity index (χ0v) is 12.2. The van der Waals surface area contributed by atoms with Gasteiger partial charge in [0.1, 0.15) is 0 Å². The fourth-order valence-corrected chi connectivity index (χ4v) is 2.46. The second kappa shape index (κ2) is 6.53. The van der Waals surface area contributed by atoms with E-state index in [1.54, 1.807) is 18.0 Å². The first kappa shape index (κ1) is 15.2. The summed E-state index contributed by atoms with van der Waals surface area (Å²) in [6, 6.07) is 4.29. The molecule has 2 rings (SSSR count). The van der Waals surface area contributed by atoms with E-state index < -0.39 is 4.92 Å². The number of nitrogens with zero attached hydrogens (tertiary/aromatic N) is 2. The van der Waals surface area contributed by atoms with Crippen molar-refractivity contribution in [3.05, 3.63) is 33.9 Å². The first-order valence-corrected chi connectivity index (χ1v) is 6.93. The largest absolute Gasteiger partial charge is 0.387 e. The van der Waals surface area contributed by atoms with Crippen LogP contribution in [0.15, 0.2) is 18.2 Å². The number of carbonyl (C=O) groups excluding carboxylic acids is 1. The van der Waals surface area contributed by atoms with Gasteiger partial charge < -0.3 is 15.0 Å². The van der Waals surface area contributed by atoms with Crippen molar-refractivity contribution in [2.24, 2.45) is 0 Å². The topological polar surface area (TPSA) is 84.7 Å². The molecule has 1 aliphatic rings. The molecule has 1 heterocycles. The molecule has 1 saturated heterocycles. The molecule has 0 radical (unpaired) electrons. The first-order chi connectivity index (χ1) is 10.1. The normalized spacial score (nSPS) is 18.4. The number of amides is 1. The molecule has 0 spiro atoms. The van der Waals surface area contributed by atoms with Crippen LogP contribution in [-0.2, 0) is 4.74 Å². The number of benzene rings is 1. The van der Waals surface area contributed by atoms with Crippen LogP contribution in [0.4, 0.5) is 11.4 Å². The summed E-state index contributed by atoms with van der Waals surface area (Å²) in [6.07, 6.45) is 0.787. The van der Waals surface area contributed by atoms with Crippen LogP contribution in [0.2, 0.25) is 0 Å². The quantitative estimate of drug-likeness (QED) is 0.677. The summed E-state index contributed by atoms with van der Waals surface area (Å²) in [4.78, 5) is 24.9. The maximum absolute atomic E-state index is 12.7. The molecule has 0 aromatic heterocycles. The molecule has 0 saturated carbocycles. The summed E-state index contributed by atoms with van der Waals surface area (Å²) >= 11 is 0. The minimum atomic E-state index is -0.493. The lowest BCUT2D eigenvalue weighted by Gasteiger charge is -2.35. The Kier molecular flexibility index (Phi) is 4.74. The molecule has 1 fully saturated rings. The Morgan fingerprint density at radius 2 is 2.33 bits per heavy atom. The van der Waals surface area contributed by atoms with E-state index in [-0.39, 0.29) is 17.6 Å². The SMILES string of the molecule is CCC1COCCN1C(=O)c1cc([N+](=O)[O-])ccc1NC. The number of nitro benzene ring substituents is 1. The highest BCUT2D eigenvalue weighted by Crippen LogP contribution is 2.25. The predicted molar refractivity (Wildman–Crippen MR) is 78.6 cm³/mol. The Bertz CT molecular complexity index is 547. The van der Waals surface area contributed by atoms with Crippen molar-refractivity contribution >= 4 is 17.3 Å². The van der Waals surface area contributed by atoms with Gasteiger partial charge in [0.15, 0.2) is 0 Å². The van der Waals surface area contributed by atoms with Gasteiger partial charge in [0.2, 0.25) is 0 Å². The zero-order chi connectivity index (χ0) is 15.4. The summed E-state index contributed by atoms with van der Waals surface area (Å²) in [5.74, 6) is -0.196. The molecular weight excluding hydrogens is 274 g/mol. The van der Waals surface area contributed by atoms with Crippen molar-refractivity contribution in [2.45, 2.75) is 19.4 Å². The van der Waals surface area contributed by atoms with Gasteiger partial charge in [0, 0.05) is 31.4 Å². The summed E-state index contributed by atoms with van der Waals surface area (Å²) < 4.78 is 5.39. The molecule has 7 heteroatoms. The number of rotatable bonds is 4. The van der Waals surface area contributed by atoms with E-state index >= 15 is 0 Å². The number of non-ortho nitro benzene ring substituents is 1. The van der Waals surface area contributed by atoms with Gasteiger partial charge in [-0.2, -0.15) is 0 Å². The van der Waals surface area contributed by atoms with E-state index in [0.717, 1.165) is 6.42 Å². The van der Waals surface area contributed by atoms with Crippen molar-refractivity contribution in [2.75, 3.05) is 32.1 Å². The minimum Gasteiger partial charge on any atom is -0.387 e. The molecule has 1 aromatic rings. The lowest BCUT2D eigenvalue weighted by atomic mass is 10.1. The van der Waals surface area contributed by atoms with E-state index in [9.17, 15) is 14.9 Å². The number of nitrogens with one attached hydrogen (secondary N) is 1. The van der Waals surface area contributed by atoms with E-state index in [0.29, 0.717) is 31.0 Å². The molecule has 1 aliphatic heterocycles. The van der Waals surface area contributed by atoms with Crippen LogP contribution in [0.1, 0.15) is 23.7 Å². The first-order valence-electron chi connectivity index (χ1n) is 6.93. The molecule has 1 amide bonds.